The molecule has 1 atom stereocenters. The van der Waals surface area contributed by atoms with Crippen molar-refractivity contribution in [3.8, 4) is 27.6 Å². The van der Waals surface area contributed by atoms with Crippen molar-refractivity contribution in [2.45, 2.75) is 24.3 Å². The summed E-state index contributed by atoms with van der Waals surface area (Å²) in [4.78, 5) is 20.0. The van der Waals surface area contributed by atoms with E-state index in [4.69, 9.17) is 4.74 Å². The molecule has 5 aromatic rings. The van der Waals surface area contributed by atoms with Crippen LogP contribution in [-0.2, 0) is 21.2 Å². The molecule has 11 heteroatoms. The molecule has 1 unspecified atom stereocenters. The molecule has 2 aromatic heterocycles. The van der Waals surface area contributed by atoms with E-state index in [1.54, 1.807) is 67.0 Å². The molecular weight excluding hydrogens is 585 g/mol. The Bertz CT molecular complexity index is 1760. The number of carbonyl (C=O) groups excluding carboxylic acids is 1. The predicted molar refractivity (Wildman–Crippen MR) is 167 cm³/mol. The van der Waals surface area contributed by atoms with E-state index in [0.29, 0.717) is 24.5 Å². The molecular formula is C32H30N4O5S2. The van der Waals surface area contributed by atoms with Crippen molar-refractivity contribution in [1.29, 1.82) is 0 Å². The summed E-state index contributed by atoms with van der Waals surface area (Å²) >= 11 is 1.46. The zero-order chi connectivity index (χ0) is 30.2. The second-order valence-electron chi connectivity index (χ2n) is 9.74. The van der Waals surface area contributed by atoms with E-state index >= 15 is 0 Å². The number of sulfonamides is 1. The largest absolute Gasteiger partial charge is 0.427 e. The molecule has 0 aliphatic heterocycles. The summed E-state index contributed by atoms with van der Waals surface area (Å²) in [6.07, 6.45) is 3.42. The summed E-state index contributed by atoms with van der Waals surface area (Å²) in [7, 11) is -3.78. The molecule has 2 heterocycles. The highest BCUT2D eigenvalue weighted by Gasteiger charge is 2.15. The number of hydrogen-bond acceptors (Lipinski definition) is 9. The molecule has 0 bridgehead atoms. The third-order valence-electron chi connectivity index (χ3n) is 6.53. The Hall–Kier alpha value is -4.42. The normalized spacial score (nSPS) is 12.0. The number of rotatable bonds is 12. The van der Waals surface area contributed by atoms with Gasteiger partial charge in [-0.1, -0.05) is 30.3 Å². The summed E-state index contributed by atoms with van der Waals surface area (Å²) in [5.74, 6) is 0.0907. The molecule has 0 aliphatic rings. The van der Waals surface area contributed by atoms with E-state index in [0.717, 1.165) is 39.4 Å². The number of benzene rings is 3. The van der Waals surface area contributed by atoms with Gasteiger partial charge in [0.1, 0.15) is 10.8 Å². The maximum atomic E-state index is 13.0. The van der Waals surface area contributed by atoms with Gasteiger partial charge in [0.25, 0.3) is 10.0 Å². The van der Waals surface area contributed by atoms with Gasteiger partial charge in [-0.05, 0) is 73.1 Å². The average Bonchev–Trinajstić information content (AvgIpc) is 3.51. The van der Waals surface area contributed by atoms with E-state index in [9.17, 15) is 18.3 Å². The molecule has 0 fully saturated rings. The zero-order valence-electron chi connectivity index (χ0n) is 23.3. The van der Waals surface area contributed by atoms with Crippen molar-refractivity contribution in [2.24, 2.45) is 0 Å². The maximum Gasteiger partial charge on any atom is 0.308 e. The van der Waals surface area contributed by atoms with Gasteiger partial charge in [0.2, 0.25) is 0 Å². The number of esters is 1. The van der Waals surface area contributed by atoms with Gasteiger partial charge < -0.3 is 15.2 Å². The highest BCUT2D eigenvalue weighted by atomic mass is 32.2. The summed E-state index contributed by atoms with van der Waals surface area (Å²) in [6, 6.07) is 24.6. The van der Waals surface area contributed by atoms with Gasteiger partial charge in [-0.2, -0.15) is 0 Å². The minimum atomic E-state index is -3.78. The number of aliphatic hydroxyl groups excluding tert-OH is 1. The first-order valence-corrected chi connectivity index (χ1v) is 15.9. The molecule has 0 amide bonds. The minimum absolute atomic E-state index is 0.148. The molecule has 0 spiro atoms. The lowest BCUT2D eigenvalue weighted by molar-refractivity contribution is -0.131. The first-order valence-electron chi connectivity index (χ1n) is 13.5. The van der Waals surface area contributed by atoms with Gasteiger partial charge in [-0.3, -0.25) is 14.5 Å². The number of anilines is 1. The standard InChI is InChI=1S/C32H30N4O5S2/c1-22(37)41-28-12-6-24(7-13-28)30-21-42-32(35-30)25-8-14-29(15-9-25)43(39,40)36-27-10-4-23(5-11-27)16-18-34-20-31(38)26-3-2-17-33-19-26/h2-15,17,19,21,31,34,36,38H,16,18,20H2,1H3. The number of aliphatic hydroxyl groups is 1. The molecule has 0 radical (unpaired) electrons. The molecule has 9 nitrogen and oxygen atoms in total. The summed E-state index contributed by atoms with van der Waals surface area (Å²) in [5, 5.41) is 16.1. The number of carbonyl (C=O) groups is 1. The number of hydrogen-bond donors (Lipinski definition) is 3. The van der Waals surface area contributed by atoms with Crippen LogP contribution in [0, 0.1) is 0 Å². The van der Waals surface area contributed by atoms with Gasteiger partial charge >= 0.3 is 5.97 Å². The van der Waals surface area contributed by atoms with E-state index in [1.807, 2.05) is 35.7 Å². The van der Waals surface area contributed by atoms with Gasteiger partial charge in [0.15, 0.2) is 0 Å². The van der Waals surface area contributed by atoms with E-state index in [-0.39, 0.29) is 10.9 Å². The van der Waals surface area contributed by atoms with Crippen LogP contribution in [0.1, 0.15) is 24.2 Å². The molecule has 0 saturated carbocycles. The first-order chi connectivity index (χ1) is 20.8. The number of ether oxygens (including phenoxy) is 1. The Balaban J connectivity index is 1.14. The van der Waals surface area contributed by atoms with Crippen LogP contribution in [0.25, 0.3) is 21.8 Å². The van der Waals surface area contributed by atoms with Crippen LogP contribution in [0.2, 0.25) is 0 Å². The molecule has 3 aromatic carbocycles. The molecule has 220 valence electrons. The highest BCUT2D eigenvalue weighted by Crippen LogP contribution is 2.30. The lowest BCUT2D eigenvalue weighted by atomic mass is 10.1. The summed E-state index contributed by atoms with van der Waals surface area (Å²) in [6.45, 7) is 2.43. The van der Waals surface area contributed by atoms with Crippen LogP contribution in [0.4, 0.5) is 5.69 Å². The van der Waals surface area contributed by atoms with E-state index < -0.39 is 16.1 Å². The van der Waals surface area contributed by atoms with Crippen LogP contribution in [0.3, 0.4) is 0 Å². The van der Waals surface area contributed by atoms with Gasteiger partial charge in [0, 0.05) is 53.6 Å². The van der Waals surface area contributed by atoms with Crippen LogP contribution in [0.5, 0.6) is 5.75 Å². The van der Waals surface area contributed by atoms with Crippen molar-refractivity contribution in [2.75, 3.05) is 17.8 Å². The quantitative estimate of drug-likeness (QED) is 0.0959. The number of nitrogens with one attached hydrogen (secondary N) is 2. The summed E-state index contributed by atoms with van der Waals surface area (Å²) < 4.78 is 33.7. The summed E-state index contributed by atoms with van der Waals surface area (Å²) in [5.41, 5.74) is 4.73. The number of aromatic nitrogens is 2. The Kier molecular flexibility index (Phi) is 9.58. The van der Waals surface area contributed by atoms with Crippen LogP contribution in [0.15, 0.2) is 108 Å². The molecule has 0 saturated heterocycles. The third kappa shape index (κ3) is 8.11. The number of nitrogens with zero attached hydrogens (tertiary/aromatic N) is 2. The minimum Gasteiger partial charge on any atom is -0.427 e. The fourth-order valence-electron chi connectivity index (χ4n) is 4.29. The monoisotopic (exact) mass is 614 g/mol. The maximum absolute atomic E-state index is 13.0. The molecule has 3 N–H and O–H groups in total. The average molecular weight is 615 g/mol. The van der Waals surface area contributed by atoms with Crippen molar-refractivity contribution < 1.29 is 23.1 Å². The Morgan fingerprint density at radius 1 is 0.977 bits per heavy atom. The molecule has 5 rings (SSSR count). The first kappa shape index (κ1) is 30.1. The molecule has 43 heavy (non-hydrogen) atoms. The second kappa shape index (κ2) is 13.7. The van der Waals surface area contributed by atoms with Gasteiger partial charge in [-0.15, -0.1) is 11.3 Å². The zero-order valence-corrected chi connectivity index (χ0v) is 24.9. The van der Waals surface area contributed by atoms with E-state index in [2.05, 4.69) is 20.0 Å². The predicted octanol–water partition coefficient (Wildman–Crippen LogP) is 5.46. The molecule has 0 aliphatic carbocycles. The number of thiazole rings is 1. The van der Waals surface area contributed by atoms with Crippen LogP contribution >= 0.6 is 11.3 Å². The van der Waals surface area contributed by atoms with Crippen LogP contribution in [-0.4, -0.2) is 42.6 Å². The SMILES string of the molecule is CC(=O)Oc1ccc(-c2csc(-c3ccc(S(=O)(=O)Nc4ccc(CCNCC(O)c5cccnc5)cc4)cc3)n2)cc1. The van der Waals surface area contributed by atoms with Crippen molar-refractivity contribution in [3.05, 3.63) is 114 Å². The van der Waals surface area contributed by atoms with Crippen LogP contribution < -0.4 is 14.8 Å². The fourth-order valence-corrected chi connectivity index (χ4v) is 6.19. The smallest absolute Gasteiger partial charge is 0.308 e. The highest BCUT2D eigenvalue weighted by molar-refractivity contribution is 7.92. The Morgan fingerprint density at radius 3 is 2.37 bits per heavy atom. The lowest BCUT2D eigenvalue weighted by Gasteiger charge is -2.12. The number of pyridine rings is 1. The van der Waals surface area contributed by atoms with Crippen molar-refractivity contribution in [1.82, 2.24) is 15.3 Å². The van der Waals surface area contributed by atoms with Crippen molar-refractivity contribution >= 4 is 33.0 Å². The van der Waals surface area contributed by atoms with Gasteiger partial charge in [0.05, 0.1) is 16.7 Å². The van der Waals surface area contributed by atoms with Gasteiger partial charge in [-0.25, -0.2) is 13.4 Å². The fraction of sp³-hybridized carbons (Fsp3) is 0.156. The second-order valence-corrected chi connectivity index (χ2v) is 12.3. The van der Waals surface area contributed by atoms with E-state index in [1.165, 1.54) is 18.3 Å². The third-order valence-corrected chi connectivity index (χ3v) is 8.82. The van der Waals surface area contributed by atoms with Crippen molar-refractivity contribution in [3.63, 3.8) is 0 Å². The topological polar surface area (TPSA) is 131 Å². The Morgan fingerprint density at radius 2 is 1.70 bits per heavy atom. The lowest BCUT2D eigenvalue weighted by Crippen LogP contribution is -2.23. The Labute approximate surface area is 254 Å².